The second kappa shape index (κ2) is 9.13. The molecule has 1 amide bonds. The first-order valence-electron chi connectivity index (χ1n) is 6.41. The lowest BCUT2D eigenvalue weighted by Gasteiger charge is -2.27. The van der Waals surface area contributed by atoms with Crippen LogP contribution in [0.4, 0.5) is 5.69 Å². The van der Waals surface area contributed by atoms with E-state index in [0.29, 0.717) is 12.8 Å². The molecule has 1 atom stereocenters. The fourth-order valence-corrected chi connectivity index (χ4v) is 2.32. The lowest BCUT2D eigenvalue weighted by molar-refractivity contribution is -0.121. The first kappa shape index (κ1) is 19.8. The number of nitrogens with one attached hydrogen (secondary N) is 3. The summed E-state index contributed by atoms with van der Waals surface area (Å²) >= 11 is 26.1. The van der Waals surface area contributed by atoms with E-state index in [1.165, 1.54) is 0 Å². The van der Waals surface area contributed by atoms with Gasteiger partial charge in [0.15, 0.2) is 5.11 Å². The van der Waals surface area contributed by atoms with Gasteiger partial charge in [-0.15, -0.1) is 0 Å². The fraction of sp³-hybridized carbons (Fsp3) is 0.385. The predicted molar refractivity (Wildman–Crippen MR) is 101 cm³/mol. The molecule has 4 nitrogen and oxygen atoms in total. The summed E-state index contributed by atoms with van der Waals surface area (Å²) < 4.78 is -0.794. The molecule has 0 saturated carbocycles. The van der Waals surface area contributed by atoms with Crippen molar-refractivity contribution in [2.75, 3.05) is 5.32 Å². The topological polar surface area (TPSA) is 53.2 Å². The van der Waals surface area contributed by atoms with Crippen LogP contribution in [0.15, 0.2) is 28.7 Å². The van der Waals surface area contributed by atoms with Gasteiger partial charge in [0.2, 0.25) is 9.70 Å². The molecule has 0 saturated heterocycles. The first-order valence-corrected chi connectivity index (χ1v) is 8.75. The number of alkyl halides is 3. The van der Waals surface area contributed by atoms with Crippen molar-refractivity contribution in [3.8, 4) is 0 Å². The minimum absolute atomic E-state index is 0.224. The first-order chi connectivity index (χ1) is 10.2. The highest BCUT2D eigenvalue weighted by Crippen LogP contribution is 2.29. The van der Waals surface area contributed by atoms with Gasteiger partial charge >= 0.3 is 0 Å². The summed E-state index contributed by atoms with van der Waals surface area (Å²) in [6, 6.07) is 7.39. The number of hydrogen-bond acceptors (Lipinski definition) is 2. The average molecular weight is 448 g/mol. The molecule has 0 aliphatic rings. The van der Waals surface area contributed by atoms with Crippen LogP contribution in [0.5, 0.6) is 0 Å². The second-order valence-electron chi connectivity index (χ2n) is 4.40. The fourth-order valence-electron chi connectivity index (χ4n) is 1.49. The summed E-state index contributed by atoms with van der Waals surface area (Å²) in [5.74, 6) is -0.224. The minimum atomic E-state index is -1.74. The van der Waals surface area contributed by atoms with Gasteiger partial charge in [0.05, 0.1) is 0 Å². The lowest BCUT2D eigenvalue weighted by Crippen LogP contribution is -2.56. The van der Waals surface area contributed by atoms with Gasteiger partial charge in [-0.25, -0.2) is 0 Å². The lowest BCUT2D eigenvalue weighted by atomic mass is 10.3. The van der Waals surface area contributed by atoms with Gasteiger partial charge in [0, 0.05) is 16.6 Å². The third-order valence-corrected chi connectivity index (χ3v) is 3.89. The van der Waals surface area contributed by atoms with Gasteiger partial charge in [-0.1, -0.05) is 57.7 Å². The molecular weight excluding hydrogens is 432 g/mol. The number of anilines is 1. The van der Waals surface area contributed by atoms with E-state index in [4.69, 9.17) is 47.0 Å². The number of thiocarbonyl (C=S) groups is 1. The Hall–Kier alpha value is -0.270. The number of hydrogen-bond donors (Lipinski definition) is 3. The molecule has 0 aliphatic heterocycles. The minimum Gasteiger partial charge on any atom is -0.339 e. The second-order valence-corrected chi connectivity index (χ2v) is 8.09. The highest BCUT2D eigenvalue weighted by atomic mass is 79.9. The van der Waals surface area contributed by atoms with Gasteiger partial charge in [0.25, 0.3) is 0 Å². The highest BCUT2D eigenvalue weighted by molar-refractivity contribution is 9.10. The molecule has 1 unspecified atom stereocenters. The van der Waals surface area contributed by atoms with E-state index in [9.17, 15) is 4.79 Å². The van der Waals surface area contributed by atoms with Crippen LogP contribution in [0.2, 0.25) is 0 Å². The van der Waals surface area contributed by atoms with Crippen LogP contribution in [0, 0.1) is 0 Å². The Morgan fingerprint density at radius 1 is 1.27 bits per heavy atom. The summed E-state index contributed by atoms with van der Waals surface area (Å²) in [7, 11) is 0. The number of rotatable bonds is 5. The third kappa shape index (κ3) is 7.33. The number of amides is 1. The Morgan fingerprint density at radius 3 is 2.36 bits per heavy atom. The normalized spacial score (nSPS) is 12.4. The van der Waals surface area contributed by atoms with Crippen LogP contribution < -0.4 is 16.0 Å². The van der Waals surface area contributed by atoms with Crippen LogP contribution in [0.25, 0.3) is 0 Å². The molecule has 0 spiro atoms. The van der Waals surface area contributed by atoms with Crippen LogP contribution >= 0.6 is 63.0 Å². The summed E-state index contributed by atoms with van der Waals surface area (Å²) in [6.45, 7) is 1.89. The average Bonchev–Trinajstić information content (AvgIpc) is 2.40. The molecule has 0 fully saturated rings. The molecule has 0 aliphatic carbocycles. The molecule has 1 aromatic rings. The maximum Gasteiger partial charge on any atom is 0.228 e. The summed E-state index contributed by atoms with van der Waals surface area (Å²) in [6.07, 6.45) is 0.0956. The maximum atomic E-state index is 11.7. The Balaban J connectivity index is 2.66. The third-order valence-electron chi connectivity index (χ3n) is 2.49. The van der Waals surface area contributed by atoms with Crippen LogP contribution in [0.1, 0.15) is 19.8 Å². The van der Waals surface area contributed by atoms with Gasteiger partial charge in [-0.3, -0.25) is 4.79 Å². The molecule has 0 aromatic heterocycles. The standard InChI is InChI=1S/C13H15BrCl3N3OS/c1-2-3-10(21)19-11(13(15,16)17)20-12(22)18-9-6-4-8(14)5-7-9/h4-7,11H,2-3H2,1H3,(H,19,21)(H2,18,20,22). The van der Waals surface area contributed by atoms with E-state index < -0.39 is 9.96 Å². The molecule has 122 valence electrons. The monoisotopic (exact) mass is 445 g/mol. The van der Waals surface area contributed by atoms with Gasteiger partial charge in [-0.05, 0) is 42.9 Å². The summed E-state index contributed by atoms with van der Waals surface area (Å²) in [5.41, 5.74) is 0.767. The number of carbonyl (C=O) groups is 1. The molecule has 3 N–H and O–H groups in total. The van der Waals surface area contributed by atoms with Crippen molar-refractivity contribution >= 4 is 79.7 Å². The zero-order valence-electron chi connectivity index (χ0n) is 11.6. The van der Waals surface area contributed by atoms with Crippen LogP contribution in [-0.4, -0.2) is 21.0 Å². The van der Waals surface area contributed by atoms with E-state index in [1.54, 1.807) is 0 Å². The molecule has 1 aromatic carbocycles. The van der Waals surface area contributed by atoms with Crippen molar-refractivity contribution in [2.45, 2.75) is 29.7 Å². The van der Waals surface area contributed by atoms with Gasteiger partial charge in [-0.2, -0.15) is 0 Å². The predicted octanol–water partition coefficient (Wildman–Crippen LogP) is 4.35. The molecule has 9 heteroatoms. The van der Waals surface area contributed by atoms with Crippen molar-refractivity contribution in [3.05, 3.63) is 28.7 Å². The Labute approximate surface area is 158 Å². The summed E-state index contributed by atoms with van der Waals surface area (Å²) in [4.78, 5) is 11.7. The highest BCUT2D eigenvalue weighted by Gasteiger charge is 2.34. The number of halogens is 4. The molecular formula is C13H15BrCl3N3OS. The van der Waals surface area contributed by atoms with E-state index in [1.807, 2.05) is 31.2 Å². The van der Waals surface area contributed by atoms with Crippen molar-refractivity contribution in [1.29, 1.82) is 0 Å². The van der Waals surface area contributed by atoms with E-state index in [-0.39, 0.29) is 11.0 Å². The maximum absolute atomic E-state index is 11.7. The van der Waals surface area contributed by atoms with E-state index in [2.05, 4.69) is 31.9 Å². The van der Waals surface area contributed by atoms with Crippen LogP contribution in [-0.2, 0) is 4.79 Å². The quantitative estimate of drug-likeness (QED) is 0.357. The Bertz CT molecular complexity index is 522. The summed E-state index contributed by atoms with van der Waals surface area (Å²) in [5, 5.41) is 8.57. The van der Waals surface area contributed by atoms with Crippen LogP contribution in [0.3, 0.4) is 0 Å². The van der Waals surface area contributed by atoms with E-state index >= 15 is 0 Å². The zero-order chi connectivity index (χ0) is 16.8. The van der Waals surface area contributed by atoms with Crippen molar-refractivity contribution in [3.63, 3.8) is 0 Å². The van der Waals surface area contributed by atoms with Gasteiger partial charge < -0.3 is 16.0 Å². The molecule has 0 bridgehead atoms. The largest absolute Gasteiger partial charge is 0.339 e. The smallest absolute Gasteiger partial charge is 0.228 e. The molecule has 1 rings (SSSR count). The van der Waals surface area contributed by atoms with Crippen molar-refractivity contribution in [1.82, 2.24) is 10.6 Å². The molecule has 0 radical (unpaired) electrons. The van der Waals surface area contributed by atoms with Gasteiger partial charge in [0.1, 0.15) is 6.17 Å². The van der Waals surface area contributed by atoms with Crippen molar-refractivity contribution in [2.24, 2.45) is 0 Å². The number of benzene rings is 1. The molecule has 0 heterocycles. The number of carbonyl (C=O) groups excluding carboxylic acids is 1. The SMILES string of the molecule is CCCC(=O)NC(NC(=S)Nc1ccc(Br)cc1)C(Cl)(Cl)Cl. The Morgan fingerprint density at radius 2 is 1.86 bits per heavy atom. The van der Waals surface area contributed by atoms with E-state index in [0.717, 1.165) is 10.2 Å². The van der Waals surface area contributed by atoms with Crippen molar-refractivity contribution < 1.29 is 4.79 Å². The molecule has 22 heavy (non-hydrogen) atoms. The Kier molecular flexibility index (Phi) is 8.21. The zero-order valence-corrected chi connectivity index (χ0v) is 16.3.